The summed E-state index contributed by atoms with van der Waals surface area (Å²) in [4.78, 5) is 32.1. The van der Waals surface area contributed by atoms with E-state index in [0.717, 1.165) is 58.3 Å². The SMILES string of the molecule is CC(C)NC(=O)N1CC[C@@H]2N(C)CC[C@]2(C(=O)N2CCCC2)CC1. The van der Waals surface area contributed by atoms with Gasteiger partial charge in [-0.05, 0) is 59.5 Å². The Morgan fingerprint density at radius 3 is 2.33 bits per heavy atom. The summed E-state index contributed by atoms with van der Waals surface area (Å²) in [6, 6.07) is 0.418. The van der Waals surface area contributed by atoms with Crippen molar-refractivity contribution in [3.05, 3.63) is 0 Å². The normalized spacial score (nSPS) is 31.2. The van der Waals surface area contributed by atoms with Crippen LogP contribution in [0.3, 0.4) is 0 Å². The van der Waals surface area contributed by atoms with Gasteiger partial charge in [0.15, 0.2) is 0 Å². The Morgan fingerprint density at radius 2 is 1.67 bits per heavy atom. The summed E-state index contributed by atoms with van der Waals surface area (Å²) < 4.78 is 0. The van der Waals surface area contributed by atoms with E-state index in [-0.39, 0.29) is 23.5 Å². The van der Waals surface area contributed by atoms with E-state index in [0.29, 0.717) is 12.5 Å². The Morgan fingerprint density at radius 1 is 1.00 bits per heavy atom. The van der Waals surface area contributed by atoms with Crippen LogP contribution in [-0.4, -0.2) is 78.5 Å². The van der Waals surface area contributed by atoms with Gasteiger partial charge in [-0.2, -0.15) is 0 Å². The van der Waals surface area contributed by atoms with Gasteiger partial charge in [-0.25, -0.2) is 4.79 Å². The first-order valence-corrected chi connectivity index (χ1v) is 9.49. The molecule has 0 spiro atoms. The molecule has 0 unspecified atom stereocenters. The third-order valence-electron chi connectivity index (χ3n) is 6.10. The minimum absolute atomic E-state index is 0.0106. The number of urea groups is 1. The Kier molecular flexibility index (Phi) is 5.04. The predicted molar refractivity (Wildman–Crippen MR) is 93.8 cm³/mol. The van der Waals surface area contributed by atoms with Gasteiger partial charge in [0.05, 0.1) is 5.41 Å². The van der Waals surface area contributed by atoms with Crippen molar-refractivity contribution in [2.24, 2.45) is 5.41 Å². The predicted octanol–water partition coefficient (Wildman–Crippen LogP) is 1.51. The number of carbonyl (C=O) groups is 2. The zero-order valence-corrected chi connectivity index (χ0v) is 15.4. The van der Waals surface area contributed by atoms with Crippen molar-refractivity contribution in [2.75, 3.05) is 39.8 Å². The van der Waals surface area contributed by atoms with Crippen LogP contribution < -0.4 is 5.32 Å². The molecule has 3 saturated heterocycles. The Balaban J connectivity index is 1.77. The second-order valence-corrected chi connectivity index (χ2v) is 8.03. The molecule has 1 N–H and O–H groups in total. The number of nitrogens with one attached hydrogen (secondary N) is 1. The van der Waals surface area contributed by atoms with E-state index < -0.39 is 0 Å². The van der Waals surface area contributed by atoms with Crippen LogP contribution in [0, 0.1) is 5.41 Å². The van der Waals surface area contributed by atoms with Crippen LogP contribution in [0.4, 0.5) is 4.79 Å². The van der Waals surface area contributed by atoms with E-state index in [4.69, 9.17) is 0 Å². The molecule has 0 aromatic heterocycles. The second-order valence-electron chi connectivity index (χ2n) is 8.03. The quantitative estimate of drug-likeness (QED) is 0.832. The molecule has 2 atom stereocenters. The summed E-state index contributed by atoms with van der Waals surface area (Å²) in [6.45, 7) is 8.20. The fraction of sp³-hybridized carbons (Fsp3) is 0.889. The van der Waals surface area contributed by atoms with Crippen LogP contribution in [0.5, 0.6) is 0 Å². The molecule has 24 heavy (non-hydrogen) atoms. The number of amides is 3. The summed E-state index contributed by atoms with van der Waals surface area (Å²) in [5.41, 5.74) is -0.286. The highest BCUT2D eigenvalue weighted by molar-refractivity contribution is 5.84. The van der Waals surface area contributed by atoms with E-state index in [1.54, 1.807) is 0 Å². The van der Waals surface area contributed by atoms with Gasteiger partial charge in [-0.1, -0.05) is 0 Å². The molecule has 3 rings (SSSR count). The molecule has 0 aliphatic carbocycles. The van der Waals surface area contributed by atoms with E-state index in [9.17, 15) is 9.59 Å². The summed E-state index contributed by atoms with van der Waals surface area (Å²) in [6.07, 6.45) is 4.88. The Bertz CT molecular complexity index is 489. The van der Waals surface area contributed by atoms with Gasteiger partial charge in [-0.15, -0.1) is 0 Å². The van der Waals surface area contributed by atoms with Gasteiger partial charge in [0.25, 0.3) is 0 Å². The van der Waals surface area contributed by atoms with E-state index in [1.165, 1.54) is 0 Å². The average molecular weight is 336 g/mol. The highest BCUT2D eigenvalue weighted by Crippen LogP contribution is 2.44. The molecular weight excluding hydrogens is 304 g/mol. The summed E-state index contributed by atoms with van der Waals surface area (Å²) >= 11 is 0. The second kappa shape index (κ2) is 6.90. The maximum atomic E-state index is 13.3. The Hall–Kier alpha value is -1.30. The number of fused-ring (bicyclic) bond motifs is 1. The first-order valence-electron chi connectivity index (χ1n) is 9.49. The largest absolute Gasteiger partial charge is 0.342 e. The highest BCUT2D eigenvalue weighted by Gasteiger charge is 2.54. The summed E-state index contributed by atoms with van der Waals surface area (Å²) in [5.74, 6) is 0.348. The molecular formula is C18H32N4O2. The highest BCUT2D eigenvalue weighted by atomic mass is 16.2. The fourth-order valence-corrected chi connectivity index (χ4v) is 4.77. The molecule has 3 aliphatic heterocycles. The third kappa shape index (κ3) is 3.13. The van der Waals surface area contributed by atoms with Crippen molar-refractivity contribution in [2.45, 2.75) is 58.0 Å². The molecule has 0 aromatic rings. The van der Waals surface area contributed by atoms with Gasteiger partial charge in [0.1, 0.15) is 0 Å². The van der Waals surface area contributed by atoms with Crippen LogP contribution >= 0.6 is 0 Å². The van der Waals surface area contributed by atoms with Crippen molar-refractivity contribution in [1.29, 1.82) is 0 Å². The summed E-state index contributed by atoms with van der Waals surface area (Å²) in [5, 5.41) is 2.99. The van der Waals surface area contributed by atoms with Crippen molar-refractivity contribution in [3.63, 3.8) is 0 Å². The molecule has 0 aromatic carbocycles. The first-order chi connectivity index (χ1) is 11.4. The van der Waals surface area contributed by atoms with E-state index in [2.05, 4.69) is 22.2 Å². The van der Waals surface area contributed by atoms with Crippen LogP contribution in [-0.2, 0) is 4.79 Å². The van der Waals surface area contributed by atoms with Crippen LogP contribution in [0.2, 0.25) is 0 Å². The van der Waals surface area contributed by atoms with Crippen molar-refractivity contribution in [3.8, 4) is 0 Å². The first kappa shape index (κ1) is 17.5. The van der Waals surface area contributed by atoms with Crippen molar-refractivity contribution < 1.29 is 9.59 Å². The van der Waals surface area contributed by atoms with Gasteiger partial charge in [-0.3, -0.25) is 4.79 Å². The maximum absolute atomic E-state index is 13.3. The molecule has 3 fully saturated rings. The van der Waals surface area contributed by atoms with Crippen molar-refractivity contribution in [1.82, 2.24) is 20.0 Å². The van der Waals surface area contributed by atoms with Gasteiger partial charge >= 0.3 is 6.03 Å². The van der Waals surface area contributed by atoms with Crippen LogP contribution in [0.15, 0.2) is 0 Å². The molecule has 6 nitrogen and oxygen atoms in total. The summed E-state index contributed by atoms with van der Waals surface area (Å²) in [7, 11) is 2.13. The zero-order valence-electron chi connectivity index (χ0n) is 15.4. The van der Waals surface area contributed by atoms with Gasteiger partial charge < -0.3 is 20.0 Å². The molecule has 3 heterocycles. The lowest BCUT2D eigenvalue weighted by Gasteiger charge is -2.37. The van der Waals surface area contributed by atoms with E-state index in [1.807, 2.05) is 18.7 Å². The molecule has 136 valence electrons. The lowest BCUT2D eigenvalue weighted by molar-refractivity contribution is -0.142. The maximum Gasteiger partial charge on any atom is 0.317 e. The molecule has 3 amide bonds. The number of rotatable bonds is 2. The third-order valence-corrected chi connectivity index (χ3v) is 6.10. The zero-order chi connectivity index (χ0) is 17.3. The molecule has 0 radical (unpaired) electrons. The minimum atomic E-state index is -0.286. The number of hydrogen-bond acceptors (Lipinski definition) is 3. The average Bonchev–Trinajstić information content (AvgIpc) is 3.11. The fourth-order valence-electron chi connectivity index (χ4n) is 4.77. The minimum Gasteiger partial charge on any atom is -0.342 e. The molecule has 6 heteroatoms. The van der Waals surface area contributed by atoms with Crippen molar-refractivity contribution >= 4 is 11.9 Å². The topological polar surface area (TPSA) is 55.9 Å². The van der Waals surface area contributed by atoms with Gasteiger partial charge in [0, 0.05) is 38.3 Å². The van der Waals surface area contributed by atoms with Crippen LogP contribution in [0.1, 0.15) is 46.0 Å². The lowest BCUT2D eigenvalue weighted by atomic mass is 9.75. The van der Waals surface area contributed by atoms with E-state index >= 15 is 0 Å². The number of nitrogens with zero attached hydrogens (tertiary/aromatic N) is 3. The number of hydrogen-bond donors (Lipinski definition) is 1. The lowest BCUT2D eigenvalue weighted by Crippen LogP contribution is -2.49. The standard InChI is InChI=1S/C18H32N4O2/c1-14(2)19-17(24)22-11-6-15-18(8-13-22,7-12-20(15)3)16(23)21-9-4-5-10-21/h14-15H,4-13H2,1-3H3,(H,19,24)/t15-,18-/m0/s1. The molecule has 0 bridgehead atoms. The smallest absolute Gasteiger partial charge is 0.317 e. The van der Waals surface area contributed by atoms with Gasteiger partial charge in [0.2, 0.25) is 5.91 Å². The molecule has 0 saturated carbocycles. The van der Waals surface area contributed by atoms with Crippen LogP contribution in [0.25, 0.3) is 0 Å². The number of likely N-dealkylation sites (tertiary alicyclic amines) is 3. The Labute approximate surface area is 145 Å². The number of carbonyl (C=O) groups excluding carboxylic acids is 2. The molecule has 3 aliphatic rings. The monoisotopic (exact) mass is 336 g/mol.